The molecule has 96 valence electrons. The summed E-state index contributed by atoms with van der Waals surface area (Å²) in [4.78, 5) is 13.5. The summed E-state index contributed by atoms with van der Waals surface area (Å²) >= 11 is 0. The molecule has 0 aromatic carbocycles. The standard InChI is InChI=1S/C13H27NO2/c1-7-14(9-8-13(4,5)6)12(15)16-10-11(2)3/h11H,7-10H2,1-6H3. The number of hydrogen-bond acceptors (Lipinski definition) is 2. The van der Waals surface area contributed by atoms with Crippen LogP contribution in [0.3, 0.4) is 0 Å². The van der Waals surface area contributed by atoms with Crippen molar-refractivity contribution in [3.05, 3.63) is 0 Å². The van der Waals surface area contributed by atoms with Crippen LogP contribution >= 0.6 is 0 Å². The second-order valence-corrected chi connectivity index (χ2v) is 5.86. The van der Waals surface area contributed by atoms with Gasteiger partial charge in [-0.1, -0.05) is 34.6 Å². The van der Waals surface area contributed by atoms with Crippen molar-refractivity contribution in [2.24, 2.45) is 11.3 Å². The first-order valence-corrected chi connectivity index (χ1v) is 6.18. The monoisotopic (exact) mass is 229 g/mol. The van der Waals surface area contributed by atoms with Gasteiger partial charge >= 0.3 is 6.09 Å². The Balaban J connectivity index is 4.02. The third kappa shape index (κ3) is 7.55. The number of carbonyl (C=O) groups is 1. The third-order valence-corrected chi connectivity index (χ3v) is 2.31. The van der Waals surface area contributed by atoms with Gasteiger partial charge in [0, 0.05) is 13.1 Å². The van der Waals surface area contributed by atoms with Crippen molar-refractivity contribution >= 4 is 6.09 Å². The van der Waals surface area contributed by atoms with E-state index < -0.39 is 0 Å². The van der Waals surface area contributed by atoms with Crippen LogP contribution in [-0.4, -0.2) is 30.7 Å². The fourth-order valence-corrected chi connectivity index (χ4v) is 1.18. The highest BCUT2D eigenvalue weighted by atomic mass is 16.6. The van der Waals surface area contributed by atoms with Crippen molar-refractivity contribution in [3.63, 3.8) is 0 Å². The first-order chi connectivity index (χ1) is 7.26. The zero-order valence-electron chi connectivity index (χ0n) is 11.7. The van der Waals surface area contributed by atoms with Crippen molar-refractivity contribution in [2.75, 3.05) is 19.7 Å². The van der Waals surface area contributed by atoms with E-state index in [-0.39, 0.29) is 11.5 Å². The van der Waals surface area contributed by atoms with E-state index in [9.17, 15) is 4.79 Å². The Bertz CT molecular complexity index is 206. The molecule has 0 bridgehead atoms. The second kappa shape index (κ2) is 6.77. The van der Waals surface area contributed by atoms with E-state index in [0.717, 1.165) is 13.0 Å². The van der Waals surface area contributed by atoms with E-state index >= 15 is 0 Å². The minimum atomic E-state index is -0.180. The minimum Gasteiger partial charge on any atom is -0.449 e. The van der Waals surface area contributed by atoms with Gasteiger partial charge in [-0.25, -0.2) is 4.79 Å². The van der Waals surface area contributed by atoms with Gasteiger partial charge in [-0.3, -0.25) is 0 Å². The lowest BCUT2D eigenvalue weighted by Gasteiger charge is -2.25. The Kier molecular flexibility index (Phi) is 6.46. The van der Waals surface area contributed by atoms with Crippen molar-refractivity contribution in [2.45, 2.75) is 48.0 Å². The van der Waals surface area contributed by atoms with Crippen LogP contribution in [0.25, 0.3) is 0 Å². The smallest absolute Gasteiger partial charge is 0.409 e. The Morgan fingerprint density at radius 1 is 1.31 bits per heavy atom. The summed E-state index contributed by atoms with van der Waals surface area (Å²) in [6, 6.07) is 0. The predicted octanol–water partition coefficient (Wildman–Crippen LogP) is 3.54. The van der Waals surface area contributed by atoms with Gasteiger partial charge in [-0.15, -0.1) is 0 Å². The molecule has 0 unspecified atom stereocenters. The molecule has 1 amide bonds. The summed E-state index contributed by atoms with van der Waals surface area (Å²) in [5.74, 6) is 0.394. The number of rotatable bonds is 5. The predicted molar refractivity (Wildman–Crippen MR) is 67.5 cm³/mol. The van der Waals surface area contributed by atoms with Gasteiger partial charge < -0.3 is 9.64 Å². The van der Waals surface area contributed by atoms with Crippen LogP contribution in [0.5, 0.6) is 0 Å². The molecule has 3 heteroatoms. The van der Waals surface area contributed by atoms with Gasteiger partial charge in [0.2, 0.25) is 0 Å². The maximum absolute atomic E-state index is 11.7. The SMILES string of the molecule is CCN(CCC(C)(C)C)C(=O)OCC(C)C. The maximum Gasteiger partial charge on any atom is 0.409 e. The van der Waals surface area contributed by atoms with Crippen LogP contribution in [0.4, 0.5) is 4.79 Å². The molecule has 0 rings (SSSR count). The summed E-state index contributed by atoms with van der Waals surface area (Å²) in [5, 5.41) is 0. The molecule has 3 nitrogen and oxygen atoms in total. The quantitative estimate of drug-likeness (QED) is 0.721. The average molecular weight is 229 g/mol. The molecule has 0 aromatic rings. The van der Waals surface area contributed by atoms with E-state index in [2.05, 4.69) is 20.8 Å². The zero-order valence-corrected chi connectivity index (χ0v) is 11.7. The molecule has 0 atom stereocenters. The van der Waals surface area contributed by atoms with Gasteiger partial charge in [0.15, 0.2) is 0 Å². The molecule has 0 aliphatic carbocycles. The average Bonchev–Trinajstić information content (AvgIpc) is 2.13. The summed E-state index contributed by atoms with van der Waals surface area (Å²) in [5.41, 5.74) is 0.256. The molecule has 0 spiro atoms. The molecule has 0 aromatic heterocycles. The van der Waals surface area contributed by atoms with E-state index in [0.29, 0.717) is 19.1 Å². The zero-order chi connectivity index (χ0) is 12.8. The lowest BCUT2D eigenvalue weighted by molar-refractivity contribution is 0.0900. The van der Waals surface area contributed by atoms with Crippen LogP contribution in [0.2, 0.25) is 0 Å². The highest BCUT2D eigenvalue weighted by Crippen LogP contribution is 2.18. The number of ether oxygens (including phenoxy) is 1. The lowest BCUT2D eigenvalue weighted by Crippen LogP contribution is -2.34. The van der Waals surface area contributed by atoms with Gasteiger partial charge in [-0.05, 0) is 24.7 Å². The number of carbonyl (C=O) groups excluding carboxylic acids is 1. The van der Waals surface area contributed by atoms with E-state index in [1.807, 2.05) is 20.8 Å². The first-order valence-electron chi connectivity index (χ1n) is 6.18. The lowest BCUT2D eigenvalue weighted by atomic mass is 9.92. The van der Waals surface area contributed by atoms with Crippen LogP contribution < -0.4 is 0 Å². The summed E-state index contributed by atoms with van der Waals surface area (Å²) in [7, 11) is 0. The molecule has 0 aliphatic rings. The normalized spacial score (nSPS) is 11.7. The van der Waals surface area contributed by atoms with E-state index in [4.69, 9.17) is 4.74 Å². The first kappa shape index (κ1) is 15.3. The summed E-state index contributed by atoms with van der Waals surface area (Å²) < 4.78 is 5.21. The molecule has 0 saturated carbocycles. The molecule has 0 saturated heterocycles. The van der Waals surface area contributed by atoms with Crippen molar-refractivity contribution in [1.29, 1.82) is 0 Å². The molecule has 0 aliphatic heterocycles. The van der Waals surface area contributed by atoms with Crippen LogP contribution in [-0.2, 0) is 4.74 Å². The van der Waals surface area contributed by atoms with Crippen molar-refractivity contribution in [3.8, 4) is 0 Å². The third-order valence-electron chi connectivity index (χ3n) is 2.31. The Morgan fingerprint density at radius 3 is 2.25 bits per heavy atom. The Labute approximate surface area is 100 Å². The fraction of sp³-hybridized carbons (Fsp3) is 0.923. The molecule has 0 N–H and O–H groups in total. The minimum absolute atomic E-state index is 0.180. The highest BCUT2D eigenvalue weighted by molar-refractivity contribution is 5.67. The van der Waals surface area contributed by atoms with Gasteiger partial charge in [-0.2, -0.15) is 0 Å². The summed E-state index contributed by atoms with van der Waals surface area (Å²) in [6.45, 7) is 14.6. The van der Waals surface area contributed by atoms with Crippen LogP contribution in [0, 0.1) is 11.3 Å². The Hall–Kier alpha value is -0.730. The molecular formula is C13H27NO2. The van der Waals surface area contributed by atoms with Crippen LogP contribution in [0.1, 0.15) is 48.0 Å². The number of amides is 1. The van der Waals surface area contributed by atoms with Gasteiger partial charge in [0.25, 0.3) is 0 Å². The van der Waals surface area contributed by atoms with Gasteiger partial charge in [0.1, 0.15) is 0 Å². The van der Waals surface area contributed by atoms with E-state index in [1.165, 1.54) is 0 Å². The number of hydrogen-bond donors (Lipinski definition) is 0. The molecule has 0 radical (unpaired) electrons. The topological polar surface area (TPSA) is 29.5 Å². The van der Waals surface area contributed by atoms with Crippen molar-refractivity contribution < 1.29 is 9.53 Å². The fourth-order valence-electron chi connectivity index (χ4n) is 1.18. The molecule has 16 heavy (non-hydrogen) atoms. The largest absolute Gasteiger partial charge is 0.449 e. The van der Waals surface area contributed by atoms with E-state index in [1.54, 1.807) is 4.90 Å². The molecule has 0 fully saturated rings. The van der Waals surface area contributed by atoms with Crippen molar-refractivity contribution in [1.82, 2.24) is 4.90 Å². The Morgan fingerprint density at radius 2 is 1.88 bits per heavy atom. The number of nitrogens with zero attached hydrogens (tertiary/aromatic N) is 1. The summed E-state index contributed by atoms with van der Waals surface area (Å²) in [6.07, 6.45) is 0.817. The van der Waals surface area contributed by atoms with Crippen LogP contribution in [0.15, 0.2) is 0 Å². The maximum atomic E-state index is 11.7. The van der Waals surface area contributed by atoms with Gasteiger partial charge in [0.05, 0.1) is 6.61 Å². The second-order valence-electron chi connectivity index (χ2n) is 5.86. The highest BCUT2D eigenvalue weighted by Gasteiger charge is 2.17. The molecule has 0 heterocycles. The molecular weight excluding hydrogens is 202 g/mol.